The molecular formula is C13H27NO2S. The first kappa shape index (κ1) is 15.0. The Balaban J connectivity index is 1.88. The molecule has 3 nitrogen and oxygen atoms in total. The van der Waals surface area contributed by atoms with Gasteiger partial charge in [-0.05, 0) is 31.8 Å². The maximum absolute atomic E-state index is 11.2. The van der Waals surface area contributed by atoms with Crippen LogP contribution in [-0.2, 0) is 9.84 Å². The van der Waals surface area contributed by atoms with Gasteiger partial charge in [0, 0.05) is 0 Å². The predicted octanol–water partition coefficient (Wildman–Crippen LogP) is 2.37. The fourth-order valence-corrected chi connectivity index (χ4v) is 4.23. The highest BCUT2D eigenvalue weighted by Crippen LogP contribution is 2.17. The number of rotatable bonds is 9. The van der Waals surface area contributed by atoms with E-state index in [0.29, 0.717) is 17.4 Å². The van der Waals surface area contributed by atoms with E-state index >= 15 is 0 Å². The molecule has 0 saturated carbocycles. The fourth-order valence-electron chi connectivity index (χ4n) is 2.37. The van der Waals surface area contributed by atoms with Gasteiger partial charge in [0.05, 0.1) is 11.5 Å². The van der Waals surface area contributed by atoms with Crippen molar-refractivity contribution < 1.29 is 8.42 Å². The Morgan fingerprint density at radius 2 is 1.82 bits per heavy atom. The molecule has 1 fully saturated rings. The highest BCUT2D eigenvalue weighted by atomic mass is 32.2. The Hall–Kier alpha value is -0.0900. The summed E-state index contributed by atoms with van der Waals surface area (Å²) < 4.78 is 22.5. The van der Waals surface area contributed by atoms with Crippen molar-refractivity contribution in [2.75, 3.05) is 24.6 Å². The first-order valence-electron chi connectivity index (χ1n) is 7.05. The van der Waals surface area contributed by atoms with Crippen molar-refractivity contribution >= 4 is 9.84 Å². The molecule has 0 aliphatic carbocycles. The molecule has 1 N–H and O–H groups in total. The lowest BCUT2D eigenvalue weighted by atomic mass is 10.1. The van der Waals surface area contributed by atoms with E-state index in [0.717, 1.165) is 19.5 Å². The number of sulfone groups is 1. The van der Waals surface area contributed by atoms with Crippen LogP contribution in [0.5, 0.6) is 0 Å². The topological polar surface area (TPSA) is 46.2 Å². The summed E-state index contributed by atoms with van der Waals surface area (Å²) in [6.45, 7) is 4.16. The SMILES string of the molecule is CCCCCCCCNCC1CCS(=O)(=O)C1. The second kappa shape index (κ2) is 8.09. The summed E-state index contributed by atoms with van der Waals surface area (Å²) in [5.41, 5.74) is 0. The Morgan fingerprint density at radius 3 is 2.47 bits per heavy atom. The largest absolute Gasteiger partial charge is 0.316 e. The second-order valence-corrected chi connectivity index (χ2v) is 7.47. The zero-order chi connectivity index (χ0) is 12.6. The maximum atomic E-state index is 11.2. The predicted molar refractivity (Wildman–Crippen MR) is 73.0 cm³/mol. The standard InChI is InChI=1S/C13H27NO2S/c1-2-3-4-5-6-7-9-14-11-13-8-10-17(15,16)12-13/h13-14H,2-12H2,1H3. The van der Waals surface area contributed by atoms with E-state index in [1.54, 1.807) is 0 Å². The molecule has 0 amide bonds. The van der Waals surface area contributed by atoms with Crippen LogP contribution >= 0.6 is 0 Å². The van der Waals surface area contributed by atoms with E-state index in [1.807, 2.05) is 0 Å². The molecule has 1 saturated heterocycles. The Morgan fingerprint density at radius 1 is 1.12 bits per heavy atom. The fraction of sp³-hybridized carbons (Fsp3) is 1.00. The molecule has 0 aromatic carbocycles. The third-order valence-corrected chi connectivity index (χ3v) is 5.30. The molecule has 0 aromatic heterocycles. The van der Waals surface area contributed by atoms with E-state index in [1.165, 1.54) is 38.5 Å². The summed E-state index contributed by atoms with van der Waals surface area (Å²) in [7, 11) is -2.69. The molecule has 1 unspecified atom stereocenters. The molecule has 102 valence electrons. The van der Waals surface area contributed by atoms with Crippen LogP contribution in [0.2, 0.25) is 0 Å². The Bertz CT molecular complexity index is 288. The van der Waals surface area contributed by atoms with E-state index in [2.05, 4.69) is 12.2 Å². The van der Waals surface area contributed by atoms with Crippen molar-refractivity contribution in [2.45, 2.75) is 51.9 Å². The van der Waals surface area contributed by atoms with E-state index in [-0.39, 0.29) is 0 Å². The molecule has 0 aromatic rings. The molecule has 1 atom stereocenters. The number of hydrogen-bond acceptors (Lipinski definition) is 3. The van der Waals surface area contributed by atoms with Gasteiger partial charge in [-0.15, -0.1) is 0 Å². The lowest BCUT2D eigenvalue weighted by Crippen LogP contribution is -2.24. The monoisotopic (exact) mass is 261 g/mol. The van der Waals surface area contributed by atoms with E-state index in [4.69, 9.17) is 0 Å². The minimum atomic E-state index is -2.69. The van der Waals surface area contributed by atoms with Crippen molar-refractivity contribution in [1.82, 2.24) is 5.32 Å². The van der Waals surface area contributed by atoms with Crippen LogP contribution in [0.15, 0.2) is 0 Å². The zero-order valence-electron chi connectivity index (χ0n) is 11.1. The van der Waals surface area contributed by atoms with Crippen LogP contribution in [0.3, 0.4) is 0 Å². The lowest BCUT2D eigenvalue weighted by Gasteiger charge is -2.09. The van der Waals surface area contributed by atoms with Gasteiger partial charge in [0.15, 0.2) is 9.84 Å². The summed E-state index contributed by atoms with van der Waals surface area (Å²) in [5, 5.41) is 3.39. The van der Waals surface area contributed by atoms with Crippen molar-refractivity contribution in [3.05, 3.63) is 0 Å². The van der Waals surface area contributed by atoms with Gasteiger partial charge < -0.3 is 5.32 Å². The van der Waals surface area contributed by atoms with Gasteiger partial charge >= 0.3 is 0 Å². The van der Waals surface area contributed by atoms with Gasteiger partial charge in [0.25, 0.3) is 0 Å². The van der Waals surface area contributed by atoms with Crippen molar-refractivity contribution in [3.63, 3.8) is 0 Å². The third-order valence-electron chi connectivity index (χ3n) is 3.47. The average Bonchev–Trinajstić information content (AvgIpc) is 2.62. The van der Waals surface area contributed by atoms with Crippen molar-refractivity contribution in [2.24, 2.45) is 5.92 Å². The third kappa shape index (κ3) is 7.04. The van der Waals surface area contributed by atoms with Crippen LogP contribution in [0.1, 0.15) is 51.9 Å². The van der Waals surface area contributed by atoms with Gasteiger partial charge in [-0.1, -0.05) is 39.0 Å². The molecule has 0 bridgehead atoms. The molecule has 4 heteroatoms. The summed E-state index contributed by atoms with van der Waals surface area (Å²) in [4.78, 5) is 0. The molecule has 17 heavy (non-hydrogen) atoms. The minimum Gasteiger partial charge on any atom is -0.316 e. The van der Waals surface area contributed by atoms with Gasteiger partial charge in [0.1, 0.15) is 0 Å². The summed E-state index contributed by atoms with van der Waals surface area (Å²) in [6, 6.07) is 0. The highest BCUT2D eigenvalue weighted by Gasteiger charge is 2.27. The minimum absolute atomic E-state index is 0.361. The first-order valence-corrected chi connectivity index (χ1v) is 8.87. The lowest BCUT2D eigenvalue weighted by molar-refractivity contribution is 0.502. The van der Waals surface area contributed by atoms with Crippen LogP contribution in [0.25, 0.3) is 0 Å². The number of hydrogen-bond donors (Lipinski definition) is 1. The van der Waals surface area contributed by atoms with Gasteiger partial charge in [0.2, 0.25) is 0 Å². The van der Waals surface area contributed by atoms with Crippen LogP contribution in [0, 0.1) is 5.92 Å². The normalized spacial score (nSPS) is 23.0. The number of nitrogens with one attached hydrogen (secondary N) is 1. The van der Waals surface area contributed by atoms with Crippen LogP contribution in [0.4, 0.5) is 0 Å². The van der Waals surface area contributed by atoms with E-state index in [9.17, 15) is 8.42 Å². The quantitative estimate of drug-likeness (QED) is 0.648. The highest BCUT2D eigenvalue weighted by molar-refractivity contribution is 7.91. The maximum Gasteiger partial charge on any atom is 0.150 e. The van der Waals surface area contributed by atoms with Crippen molar-refractivity contribution in [1.29, 1.82) is 0 Å². The van der Waals surface area contributed by atoms with Gasteiger partial charge in [-0.3, -0.25) is 0 Å². The molecule has 1 aliphatic heterocycles. The molecule has 0 radical (unpaired) electrons. The summed E-state index contributed by atoms with van der Waals surface area (Å²) in [6.07, 6.45) is 8.73. The smallest absolute Gasteiger partial charge is 0.150 e. The van der Waals surface area contributed by atoms with Crippen LogP contribution < -0.4 is 5.32 Å². The second-order valence-electron chi connectivity index (χ2n) is 5.24. The summed E-state index contributed by atoms with van der Waals surface area (Å²) in [5.74, 6) is 1.16. The Labute approximate surface area is 106 Å². The van der Waals surface area contributed by atoms with Crippen LogP contribution in [-0.4, -0.2) is 33.0 Å². The molecule has 0 spiro atoms. The molecule has 1 heterocycles. The molecular weight excluding hydrogens is 234 g/mol. The zero-order valence-corrected chi connectivity index (χ0v) is 11.9. The molecule has 1 aliphatic rings. The average molecular weight is 261 g/mol. The Kier molecular flexibility index (Phi) is 7.12. The first-order chi connectivity index (χ1) is 8.14. The van der Waals surface area contributed by atoms with Crippen molar-refractivity contribution in [3.8, 4) is 0 Å². The molecule has 1 rings (SSSR count). The van der Waals surface area contributed by atoms with Gasteiger partial charge in [-0.25, -0.2) is 8.42 Å². The number of unbranched alkanes of at least 4 members (excludes halogenated alkanes) is 5. The van der Waals surface area contributed by atoms with Gasteiger partial charge in [-0.2, -0.15) is 0 Å². The summed E-state index contributed by atoms with van der Waals surface area (Å²) >= 11 is 0. The van der Waals surface area contributed by atoms with E-state index < -0.39 is 9.84 Å².